The number of halogens is 1. The highest BCUT2D eigenvalue weighted by Gasteiger charge is 2.38. The maximum absolute atomic E-state index is 14.0. The van der Waals surface area contributed by atoms with E-state index >= 15 is 0 Å². The second kappa shape index (κ2) is 16.6. The highest BCUT2D eigenvalue weighted by molar-refractivity contribution is 7.89. The maximum atomic E-state index is 14.0. The Hall–Kier alpha value is -4.96. The Morgan fingerprint density at radius 1 is 0.788 bits per heavy atom. The van der Waals surface area contributed by atoms with Crippen LogP contribution in [0.1, 0.15) is 59.8 Å². The summed E-state index contributed by atoms with van der Waals surface area (Å²) in [5, 5.41) is 0.589. The quantitative estimate of drug-likeness (QED) is 0.113. The van der Waals surface area contributed by atoms with Gasteiger partial charge in [0.15, 0.2) is 0 Å². The fourth-order valence-corrected chi connectivity index (χ4v) is 8.30. The second-order valence-electron chi connectivity index (χ2n) is 13.0. The minimum atomic E-state index is -3.59. The lowest BCUT2D eigenvalue weighted by atomic mass is 9.89. The van der Waals surface area contributed by atoms with Gasteiger partial charge in [0.25, 0.3) is 5.91 Å². The zero-order chi connectivity index (χ0) is 36.7. The maximum Gasteiger partial charge on any atom is 0.258 e. The molecule has 6 rings (SSSR count). The number of hydrogen-bond donors (Lipinski definition) is 0. The first kappa shape index (κ1) is 36.8. The van der Waals surface area contributed by atoms with Crippen molar-refractivity contribution in [3.05, 3.63) is 161 Å². The monoisotopic (exact) mass is 735 g/mol. The van der Waals surface area contributed by atoms with Crippen molar-refractivity contribution in [1.29, 1.82) is 0 Å². The number of hydrogen-bond acceptors (Lipinski definition) is 5. The van der Waals surface area contributed by atoms with E-state index in [4.69, 9.17) is 16.3 Å². The Balaban J connectivity index is 1.10. The van der Waals surface area contributed by atoms with Crippen LogP contribution in [0, 0.1) is 0 Å². The van der Waals surface area contributed by atoms with Crippen LogP contribution in [0.4, 0.5) is 11.4 Å². The Bertz CT molecular complexity index is 2040. The molecular formula is C42H42ClN3O5S. The number of carbonyl (C=O) groups excluding carboxylic acids is 2. The van der Waals surface area contributed by atoms with Crippen LogP contribution < -0.4 is 14.5 Å². The number of nitrogens with zero attached hydrogens (tertiary/aromatic N) is 3. The van der Waals surface area contributed by atoms with E-state index in [2.05, 4.69) is 0 Å². The highest BCUT2D eigenvalue weighted by atomic mass is 35.5. The summed E-state index contributed by atoms with van der Waals surface area (Å²) >= 11 is 6.13. The molecule has 8 nitrogen and oxygen atoms in total. The summed E-state index contributed by atoms with van der Waals surface area (Å²) in [6, 6.07) is 40.5. The van der Waals surface area contributed by atoms with Crippen LogP contribution in [0.5, 0.6) is 5.75 Å². The molecule has 0 fully saturated rings. The SMILES string of the molecule is CC(=O)N(c1ccc(Cl)cc1)[C@@H]1C[C@H](C)N(C(=O)c2ccc(OCCCS(=O)(=O)N(Cc3ccccc3)Cc3ccccc3)cc2)c2ccccc21. The summed E-state index contributed by atoms with van der Waals surface area (Å²) in [7, 11) is -3.59. The van der Waals surface area contributed by atoms with E-state index in [1.165, 1.54) is 4.31 Å². The first-order chi connectivity index (χ1) is 25.1. The van der Waals surface area contributed by atoms with Gasteiger partial charge < -0.3 is 14.5 Å². The smallest absolute Gasteiger partial charge is 0.258 e. The standard InChI is InChI=1S/C42H42ClN3O5S/c1-31-28-41(46(32(2)47)37-22-20-36(43)21-23-37)39-16-9-10-17-40(39)45(31)42(48)35-18-24-38(25-19-35)51-26-11-27-52(49,50)44(29-33-12-5-3-6-13-33)30-34-14-7-4-8-15-34/h3-10,12-25,31,41H,11,26-30H2,1-2H3/t31-,41+/m0/s1. The largest absolute Gasteiger partial charge is 0.494 e. The van der Waals surface area contributed by atoms with E-state index in [9.17, 15) is 18.0 Å². The second-order valence-corrected chi connectivity index (χ2v) is 15.5. The molecule has 1 aliphatic rings. The molecule has 0 radical (unpaired) electrons. The van der Waals surface area contributed by atoms with Crippen molar-refractivity contribution in [2.45, 2.75) is 51.9 Å². The van der Waals surface area contributed by atoms with Crippen molar-refractivity contribution >= 4 is 44.8 Å². The zero-order valence-corrected chi connectivity index (χ0v) is 30.8. The van der Waals surface area contributed by atoms with Crippen LogP contribution in [0.15, 0.2) is 133 Å². The summed E-state index contributed by atoms with van der Waals surface area (Å²) in [5.74, 6) is 0.231. The van der Waals surface area contributed by atoms with Crippen molar-refractivity contribution in [3.63, 3.8) is 0 Å². The molecule has 5 aromatic rings. The lowest BCUT2D eigenvalue weighted by molar-refractivity contribution is -0.117. The Morgan fingerprint density at radius 3 is 1.96 bits per heavy atom. The number of para-hydroxylation sites is 1. The topological polar surface area (TPSA) is 87.2 Å². The lowest BCUT2D eigenvalue weighted by Crippen LogP contribution is -2.47. The lowest BCUT2D eigenvalue weighted by Gasteiger charge is -2.43. The van der Waals surface area contributed by atoms with E-state index < -0.39 is 10.0 Å². The molecule has 10 heteroatoms. The van der Waals surface area contributed by atoms with Crippen molar-refractivity contribution in [3.8, 4) is 5.75 Å². The van der Waals surface area contributed by atoms with Crippen molar-refractivity contribution in [2.75, 3.05) is 22.2 Å². The number of anilines is 2. The number of carbonyl (C=O) groups is 2. The predicted octanol–water partition coefficient (Wildman–Crippen LogP) is 8.67. The summed E-state index contributed by atoms with van der Waals surface area (Å²) in [6.07, 6.45) is 0.850. The van der Waals surface area contributed by atoms with Crippen LogP contribution in [-0.4, -0.2) is 42.9 Å². The third kappa shape index (κ3) is 8.73. The molecule has 0 saturated carbocycles. The Kier molecular flexibility index (Phi) is 11.7. The molecule has 2 amide bonds. The van der Waals surface area contributed by atoms with Crippen molar-refractivity contribution in [1.82, 2.24) is 4.31 Å². The molecule has 0 aliphatic carbocycles. The molecule has 0 unspecified atom stereocenters. The van der Waals surface area contributed by atoms with Crippen LogP contribution >= 0.6 is 11.6 Å². The summed E-state index contributed by atoms with van der Waals surface area (Å²) in [6.45, 7) is 4.32. The number of fused-ring (bicyclic) bond motifs is 1. The molecule has 0 spiro atoms. The van der Waals surface area contributed by atoms with Gasteiger partial charge in [-0.3, -0.25) is 9.59 Å². The number of ether oxygens (including phenoxy) is 1. The fourth-order valence-electron chi connectivity index (χ4n) is 6.74. The molecule has 0 saturated heterocycles. The molecule has 268 valence electrons. The van der Waals surface area contributed by atoms with E-state index in [1.54, 1.807) is 53.1 Å². The van der Waals surface area contributed by atoms with Crippen LogP contribution in [0.3, 0.4) is 0 Å². The van der Waals surface area contributed by atoms with Gasteiger partial charge in [-0.25, -0.2) is 8.42 Å². The highest BCUT2D eigenvalue weighted by Crippen LogP contribution is 2.43. The molecule has 5 aromatic carbocycles. The summed E-state index contributed by atoms with van der Waals surface area (Å²) in [4.78, 5) is 30.6. The molecule has 1 heterocycles. The Labute approximate surface area is 311 Å². The summed E-state index contributed by atoms with van der Waals surface area (Å²) in [5.41, 5.74) is 4.73. The Morgan fingerprint density at radius 2 is 1.37 bits per heavy atom. The average molecular weight is 736 g/mol. The number of amides is 2. The zero-order valence-electron chi connectivity index (χ0n) is 29.3. The average Bonchev–Trinajstić information content (AvgIpc) is 3.15. The first-order valence-corrected chi connectivity index (χ1v) is 19.4. The van der Waals surface area contributed by atoms with Crippen molar-refractivity contribution < 1.29 is 22.7 Å². The normalized spacial score (nSPS) is 15.6. The number of rotatable bonds is 13. The molecule has 1 aliphatic heterocycles. The van der Waals surface area contributed by atoms with Gasteiger partial charge in [-0.05, 0) is 91.1 Å². The van der Waals surface area contributed by atoms with Gasteiger partial charge in [0, 0.05) is 48.0 Å². The molecule has 0 bridgehead atoms. The van der Waals surface area contributed by atoms with Gasteiger partial charge in [-0.15, -0.1) is 0 Å². The fraction of sp³-hybridized carbons (Fsp3) is 0.238. The third-order valence-corrected chi connectivity index (χ3v) is 11.4. The molecule has 2 atom stereocenters. The van der Waals surface area contributed by atoms with Gasteiger partial charge in [0.1, 0.15) is 5.75 Å². The predicted molar refractivity (Wildman–Crippen MR) is 207 cm³/mol. The van der Waals surface area contributed by atoms with Gasteiger partial charge in [-0.2, -0.15) is 4.31 Å². The minimum absolute atomic E-state index is 0.0600. The van der Waals surface area contributed by atoms with Gasteiger partial charge in [0.05, 0.1) is 18.4 Å². The number of sulfonamides is 1. The van der Waals surface area contributed by atoms with Crippen molar-refractivity contribution in [2.24, 2.45) is 0 Å². The first-order valence-electron chi connectivity index (χ1n) is 17.4. The number of benzene rings is 5. The van der Waals surface area contributed by atoms with Gasteiger partial charge in [-0.1, -0.05) is 90.5 Å². The van der Waals surface area contributed by atoms with E-state index in [0.717, 1.165) is 28.1 Å². The van der Waals surface area contributed by atoms with Gasteiger partial charge in [0.2, 0.25) is 15.9 Å². The summed E-state index contributed by atoms with van der Waals surface area (Å²) < 4.78 is 34.5. The molecular weight excluding hydrogens is 694 g/mol. The van der Waals surface area contributed by atoms with Gasteiger partial charge >= 0.3 is 0 Å². The van der Waals surface area contributed by atoms with E-state index in [1.807, 2.05) is 104 Å². The van der Waals surface area contributed by atoms with E-state index in [-0.39, 0.29) is 49.3 Å². The third-order valence-electron chi connectivity index (χ3n) is 9.25. The molecule has 0 aromatic heterocycles. The molecule has 52 heavy (non-hydrogen) atoms. The van der Waals surface area contributed by atoms with Crippen LogP contribution in [-0.2, 0) is 27.9 Å². The van der Waals surface area contributed by atoms with Crippen LogP contribution in [0.25, 0.3) is 0 Å². The van der Waals surface area contributed by atoms with E-state index in [0.29, 0.717) is 29.2 Å². The van der Waals surface area contributed by atoms with Crippen LogP contribution in [0.2, 0.25) is 5.02 Å². The minimum Gasteiger partial charge on any atom is -0.494 e. The molecule has 0 N–H and O–H groups in total.